The molecule has 0 N–H and O–H groups in total. The number of carbonyl (C=O) groups excluding carboxylic acids is 1. The van der Waals surface area contributed by atoms with Crippen molar-refractivity contribution in [2.75, 3.05) is 7.11 Å². The highest BCUT2D eigenvalue weighted by molar-refractivity contribution is 7.89. The molecule has 1 aliphatic carbocycles. The summed E-state index contributed by atoms with van der Waals surface area (Å²) in [4.78, 5) is 12.2. The minimum Gasteiger partial charge on any atom is -0.468 e. The van der Waals surface area contributed by atoms with Crippen LogP contribution in [0.2, 0.25) is 0 Å². The van der Waals surface area contributed by atoms with Gasteiger partial charge < -0.3 is 4.74 Å². The quantitative estimate of drug-likeness (QED) is 0.771. The van der Waals surface area contributed by atoms with Crippen molar-refractivity contribution < 1.29 is 17.9 Å². The van der Waals surface area contributed by atoms with Crippen LogP contribution in [0, 0.1) is 5.92 Å². The number of rotatable bonds is 3. The van der Waals surface area contributed by atoms with Gasteiger partial charge in [0.1, 0.15) is 10.9 Å². The molecule has 3 rings (SSSR count). The zero-order chi connectivity index (χ0) is 15.9. The summed E-state index contributed by atoms with van der Waals surface area (Å²) in [6.45, 7) is 0. The molecule has 0 radical (unpaired) electrons. The van der Waals surface area contributed by atoms with E-state index in [0.29, 0.717) is 6.42 Å². The molecule has 1 aromatic rings. The zero-order valence-electron chi connectivity index (χ0n) is 12.8. The van der Waals surface area contributed by atoms with Gasteiger partial charge in [0.2, 0.25) is 10.0 Å². The molecule has 1 aliphatic heterocycles. The first kappa shape index (κ1) is 15.5. The lowest BCUT2D eigenvalue weighted by Crippen LogP contribution is -2.46. The van der Waals surface area contributed by atoms with Gasteiger partial charge in [0.25, 0.3) is 0 Å². The fraction of sp³-hybridized carbons (Fsp3) is 0.714. The van der Waals surface area contributed by atoms with E-state index < -0.39 is 22.0 Å². The molecule has 1 saturated heterocycles. The number of aromatic nitrogens is 2. The van der Waals surface area contributed by atoms with Crippen LogP contribution in [0.15, 0.2) is 17.3 Å². The van der Waals surface area contributed by atoms with Crippen LogP contribution in [0.1, 0.15) is 32.1 Å². The summed E-state index contributed by atoms with van der Waals surface area (Å²) in [5, 5.41) is 3.94. The molecule has 122 valence electrons. The van der Waals surface area contributed by atoms with E-state index >= 15 is 0 Å². The molecule has 1 saturated carbocycles. The van der Waals surface area contributed by atoms with Gasteiger partial charge in [-0.3, -0.25) is 9.48 Å². The Morgan fingerprint density at radius 1 is 1.36 bits per heavy atom. The first-order chi connectivity index (χ1) is 10.4. The normalized spacial score (nSPS) is 29.3. The molecule has 2 heterocycles. The number of fused-ring (bicyclic) bond motifs is 1. The van der Waals surface area contributed by atoms with E-state index in [4.69, 9.17) is 4.74 Å². The summed E-state index contributed by atoms with van der Waals surface area (Å²) in [6, 6.07) is -0.827. The van der Waals surface area contributed by atoms with Crippen LogP contribution in [0.5, 0.6) is 0 Å². The molecule has 7 nitrogen and oxygen atoms in total. The van der Waals surface area contributed by atoms with Crippen LogP contribution >= 0.6 is 0 Å². The number of aryl methyl sites for hydroxylation is 1. The lowest BCUT2D eigenvalue weighted by atomic mass is 9.85. The van der Waals surface area contributed by atoms with Crippen LogP contribution in [-0.2, 0) is 26.6 Å². The van der Waals surface area contributed by atoms with Gasteiger partial charge in [0.05, 0.1) is 13.3 Å². The number of nitrogens with zero attached hydrogens (tertiary/aromatic N) is 3. The van der Waals surface area contributed by atoms with Crippen LogP contribution in [0.4, 0.5) is 0 Å². The number of methoxy groups -OCH3 is 1. The lowest BCUT2D eigenvalue weighted by molar-refractivity contribution is -0.144. The molecule has 2 fully saturated rings. The van der Waals surface area contributed by atoms with Gasteiger partial charge in [-0.1, -0.05) is 12.8 Å². The highest BCUT2D eigenvalue weighted by atomic mass is 32.2. The lowest BCUT2D eigenvalue weighted by Gasteiger charge is -2.31. The average Bonchev–Trinajstić information content (AvgIpc) is 3.10. The van der Waals surface area contributed by atoms with Crippen molar-refractivity contribution in [2.24, 2.45) is 13.0 Å². The summed E-state index contributed by atoms with van der Waals surface area (Å²) < 4.78 is 33.7. The maximum Gasteiger partial charge on any atom is 0.324 e. The van der Waals surface area contributed by atoms with Crippen LogP contribution in [0.25, 0.3) is 0 Å². The van der Waals surface area contributed by atoms with Crippen molar-refractivity contribution in [1.82, 2.24) is 14.1 Å². The van der Waals surface area contributed by atoms with Crippen LogP contribution in [0.3, 0.4) is 0 Å². The van der Waals surface area contributed by atoms with Crippen molar-refractivity contribution in [1.29, 1.82) is 0 Å². The monoisotopic (exact) mass is 327 g/mol. The maximum absolute atomic E-state index is 13.0. The van der Waals surface area contributed by atoms with Gasteiger partial charge >= 0.3 is 5.97 Å². The number of hydrogen-bond acceptors (Lipinski definition) is 5. The van der Waals surface area contributed by atoms with E-state index in [0.717, 1.165) is 25.7 Å². The Kier molecular flexibility index (Phi) is 3.98. The SMILES string of the molecule is COC(=O)[C@@H]1C[C@H]2CCCC[C@@H]2N1S(=O)(=O)c1cnn(C)c1. The van der Waals surface area contributed by atoms with E-state index in [9.17, 15) is 13.2 Å². The smallest absolute Gasteiger partial charge is 0.324 e. The number of ether oxygens (including phenoxy) is 1. The van der Waals surface area contributed by atoms with Gasteiger partial charge in [-0.05, 0) is 25.2 Å². The Balaban J connectivity index is 2.01. The third-order valence-corrected chi connectivity index (χ3v) is 6.65. The molecular weight excluding hydrogens is 306 g/mol. The van der Waals surface area contributed by atoms with E-state index in [1.54, 1.807) is 7.05 Å². The van der Waals surface area contributed by atoms with Crippen molar-refractivity contribution in [3.8, 4) is 0 Å². The number of hydrogen-bond donors (Lipinski definition) is 0. The second-order valence-corrected chi connectivity index (χ2v) is 7.91. The van der Waals surface area contributed by atoms with Crippen molar-refractivity contribution >= 4 is 16.0 Å². The highest BCUT2D eigenvalue weighted by Gasteiger charge is 2.51. The van der Waals surface area contributed by atoms with Crippen molar-refractivity contribution in [3.63, 3.8) is 0 Å². The molecule has 22 heavy (non-hydrogen) atoms. The first-order valence-electron chi connectivity index (χ1n) is 7.55. The third kappa shape index (κ3) is 2.44. The Labute approximate surface area is 130 Å². The molecule has 8 heteroatoms. The van der Waals surface area contributed by atoms with Crippen molar-refractivity contribution in [3.05, 3.63) is 12.4 Å². The fourth-order valence-corrected chi connectivity index (χ4v) is 5.61. The Morgan fingerprint density at radius 2 is 2.09 bits per heavy atom. The van der Waals surface area contributed by atoms with E-state index in [1.807, 2.05) is 0 Å². The molecule has 0 bridgehead atoms. The van der Waals surface area contributed by atoms with Gasteiger partial charge in [0.15, 0.2) is 0 Å². The molecule has 0 amide bonds. The van der Waals surface area contributed by atoms with E-state index in [-0.39, 0.29) is 16.9 Å². The number of esters is 1. The van der Waals surface area contributed by atoms with Gasteiger partial charge in [-0.15, -0.1) is 0 Å². The molecule has 3 atom stereocenters. The molecule has 2 aliphatic rings. The molecule has 0 spiro atoms. The number of sulfonamides is 1. The van der Waals surface area contributed by atoms with Gasteiger partial charge in [-0.2, -0.15) is 9.40 Å². The summed E-state index contributed by atoms with van der Waals surface area (Å²) >= 11 is 0. The number of carbonyl (C=O) groups is 1. The van der Waals surface area contributed by atoms with E-state index in [1.165, 1.54) is 28.5 Å². The predicted octanol–water partition coefficient (Wildman–Crippen LogP) is 0.915. The second-order valence-electron chi connectivity index (χ2n) is 6.07. The molecule has 0 aromatic carbocycles. The summed E-state index contributed by atoms with van der Waals surface area (Å²) in [7, 11) is -0.768. The van der Waals surface area contributed by atoms with Gasteiger partial charge in [-0.25, -0.2) is 8.42 Å². The summed E-state index contributed by atoms with van der Waals surface area (Å²) in [5.41, 5.74) is 0. The summed E-state index contributed by atoms with van der Waals surface area (Å²) in [5.74, 6) is -0.230. The average molecular weight is 327 g/mol. The standard InChI is InChI=1S/C14H21N3O4S/c1-16-9-11(8-15-16)22(19,20)17-12-6-4-3-5-10(12)7-13(17)14(18)21-2/h8-10,12-13H,3-7H2,1-2H3/t10-,12+,13+/m1/s1. The molecular formula is C14H21N3O4S. The fourth-order valence-electron chi connectivity index (χ4n) is 3.76. The molecule has 1 aromatic heterocycles. The molecule has 0 unspecified atom stereocenters. The highest BCUT2D eigenvalue weighted by Crippen LogP contribution is 2.42. The van der Waals surface area contributed by atoms with E-state index in [2.05, 4.69) is 5.10 Å². The topological polar surface area (TPSA) is 81.5 Å². The van der Waals surface area contributed by atoms with Crippen LogP contribution < -0.4 is 0 Å². The minimum atomic E-state index is -3.74. The minimum absolute atomic E-state index is 0.108. The third-order valence-electron chi connectivity index (χ3n) is 4.76. The van der Waals surface area contributed by atoms with Gasteiger partial charge in [0, 0.05) is 19.3 Å². The maximum atomic E-state index is 13.0. The predicted molar refractivity (Wildman–Crippen MR) is 78.4 cm³/mol. The first-order valence-corrected chi connectivity index (χ1v) is 8.99. The van der Waals surface area contributed by atoms with Crippen LogP contribution in [-0.4, -0.2) is 47.7 Å². The summed E-state index contributed by atoms with van der Waals surface area (Å²) in [6.07, 6.45) is 7.22. The zero-order valence-corrected chi connectivity index (χ0v) is 13.6. The van der Waals surface area contributed by atoms with Crippen molar-refractivity contribution in [2.45, 2.75) is 49.1 Å². The Morgan fingerprint density at radius 3 is 2.73 bits per heavy atom. The second kappa shape index (κ2) is 5.66. The Bertz CT molecular complexity index is 669. The Hall–Kier alpha value is -1.41. The largest absolute Gasteiger partial charge is 0.468 e.